The van der Waals surface area contributed by atoms with Crippen molar-refractivity contribution in [3.8, 4) is 0 Å². The van der Waals surface area contributed by atoms with Gasteiger partial charge in [-0.15, -0.1) is 0 Å². The van der Waals surface area contributed by atoms with Crippen molar-refractivity contribution in [1.82, 2.24) is 0 Å². The first-order chi connectivity index (χ1) is 6.40. The summed E-state index contributed by atoms with van der Waals surface area (Å²) in [5, 5.41) is 3.06. The van der Waals surface area contributed by atoms with Crippen molar-refractivity contribution in [3.63, 3.8) is 0 Å². The quantitative estimate of drug-likeness (QED) is 0.639. The lowest BCUT2D eigenvalue weighted by molar-refractivity contribution is 0.226. The van der Waals surface area contributed by atoms with Crippen LogP contribution in [0.4, 0.5) is 5.69 Å². The fraction of sp³-hybridized carbons (Fsp3) is 0. The van der Waals surface area contributed by atoms with E-state index in [0.29, 0.717) is 5.88 Å². The molecule has 13 heavy (non-hydrogen) atoms. The lowest BCUT2D eigenvalue weighted by Gasteiger charge is -2.08. The number of para-hydroxylation sites is 1. The summed E-state index contributed by atoms with van der Waals surface area (Å²) < 4.78 is 0. The maximum absolute atomic E-state index is 5.07. The first-order valence-electron chi connectivity index (χ1n) is 4.01. The number of hydrogen-bond acceptors (Lipinski definition) is 3. The van der Waals surface area contributed by atoms with E-state index < -0.39 is 0 Å². The molecule has 0 amide bonds. The maximum atomic E-state index is 5.07. The van der Waals surface area contributed by atoms with E-state index in [1.807, 2.05) is 36.4 Å². The summed E-state index contributed by atoms with van der Waals surface area (Å²) in [5.41, 5.74) is 2.11. The van der Waals surface area contributed by atoms with Crippen LogP contribution in [0.2, 0.25) is 0 Å². The molecule has 3 N–H and O–H groups in total. The molecule has 0 aliphatic carbocycles. The Balaban J connectivity index is 2.40. The third-order valence-corrected chi connectivity index (χ3v) is 1.87. The third-order valence-electron chi connectivity index (χ3n) is 1.87. The Morgan fingerprint density at radius 1 is 1.23 bits per heavy atom. The van der Waals surface area contributed by atoms with Crippen molar-refractivity contribution in [1.29, 1.82) is 0 Å². The van der Waals surface area contributed by atoms with E-state index in [-0.39, 0.29) is 0 Å². The topological polar surface area (TPSA) is 47.3 Å². The van der Waals surface area contributed by atoms with Gasteiger partial charge in [-0.3, -0.25) is 0 Å². The summed E-state index contributed by atoms with van der Waals surface area (Å²) in [6.45, 7) is 0. The molecule has 3 nitrogen and oxygen atoms in total. The minimum atomic E-state index is 0.543. The molecular weight excluding hydrogens is 164 g/mol. The second kappa shape index (κ2) is 3.33. The molecule has 0 atom stereocenters. The van der Waals surface area contributed by atoms with Crippen LogP contribution in [0.25, 0.3) is 6.08 Å². The van der Waals surface area contributed by atoms with Crippen molar-refractivity contribution in [2.24, 2.45) is 5.90 Å². The van der Waals surface area contributed by atoms with Crippen LogP contribution in [-0.4, -0.2) is 0 Å². The van der Waals surface area contributed by atoms with E-state index in [9.17, 15) is 0 Å². The number of nitrogens with one attached hydrogen (secondary N) is 1. The Labute approximate surface area is 76.5 Å². The molecule has 0 fully saturated rings. The molecule has 66 valence electrons. The van der Waals surface area contributed by atoms with Gasteiger partial charge in [0.05, 0.1) is 0 Å². The van der Waals surface area contributed by atoms with Gasteiger partial charge in [0.25, 0.3) is 0 Å². The number of anilines is 1. The molecule has 1 aromatic carbocycles. The minimum absolute atomic E-state index is 0.543. The van der Waals surface area contributed by atoms with Crippen LogP contribution in [0.3, 0.4) is 0 Å². The van der Waals surface area contributed by atoms with Gasteiger partial charge >= 0.3 is 0 Å². The van der Waals surface area contributed by atoms with Gasteiger partial charge in [-0.05, 0) is 11.6 Å². The number of rotatable bonds is 1. The summed E-state index contributed by atoms with van der Waals surface area (Å²) in [4.78, 5) is 4.63. The number of nitrogens with two attached hydrogens (primary N) is 1. The average Bonchev–Trinajstić information content (AvgIpc) is 2.38. The molecule has 1 aromatic rings. The van der Waals surface area contributed by atoms with Crippen molar-refractivity contribution in [3.05, 3.63) is 47.9 Å². The molecule has 1 heterocycles. The fourth-order valence-electron chi connectivity index (χ4n) is 1.24. The van der Waals surface area contributed by atoms with Crippen LogP contribution < -0.4 is 11.2 Å². The summed E-state index contributed by atoms with van der Waals surface area (Å²) in [7, 11) is 0. The van der Waals surface area contributed by atoms with Gasteiger partial charge in [-0.2, -0.15) is 5.90 Å². The molecule has 0 radical (unpaired) electrons. The van der Waals surface area contributed by atoms with Gasteiger partial charge < -0.3 is 10.2 Å². The van der Waals surface area contributed by atoms with Gasteiger partial charge in [0.1, 0.15) is 0 Å². The summed E-state index contributed by atoms with van der Waals surface area (Å²) in [6, 6.07) is 7.93. The standard InChI is InChI=1S/C10H10N2O/c11-13-10-7-3-5-8-4-1-2-6-9(8)12-10/h1-7,12H,11H2. The molecule has 0 bridgehead atoms. The van der Waals surface area contributed by atoms with E-state index in [1.165, 1.54) is 0 Å². The second-order valence-electron chi connectivity index (χ2n) is 2.72. The zero-order valence-corrected chi connectivity index (χ0v) is 7.03. The van der Waals surface area contributed by atoms with Crippen LogP contribution >= 0.6 is 0 Å². The van der Waals surface area contributed by atoms with Crippen molar-refractivity contribution < 1.29 is 4.84 Å². The highest BCUT2D eigenvalue weighted by Gasteiger charge is 2.03. The lowest BCUT2D eigenvalue weighted by Crippen LogP contribution is -2.08. The molecular formula is C10H10N2O. The van der Waals surface area contributed by atoms with Gasteiger partial charge in [0.15, 0.2) is 0 Å². The molecule has 0 saturated heterocycles. The Morgan fingerprint density at radius 2 is 2.08 bits per heavy atom. The first-order valence-corrected chi connectivity index (χ1v) is 4.01. The number of allylic oxidation sites excluding steroid dienone is 2. The van der Waals surface area contributed by atoms with Gasteiger partial charge in [-0.25, -0.2) is 0 Å². The second-order valence-corrected chi connectivity index (χ2v) is 2.72. The average molecular weight is 174 g/mol. The highest BCUT2D eigenvalue weighted by molar-refractivity contribution is 5.70. The highest BCUT2D eigenvalue weighted by Crippen LogP contribution is 2.20. The maximum Gasteiger partial charge on any atom is 0.216 e. The predicted octanol–water partition coefficient (Wildman–Crippen LogP) is 1.86. The molecule has 1 aliphatic heterocycles. The van der Waals surface area contributed by atoms with E-state index in [4.69, 9.17) is 5.90 Å². The summed E-state index contributed by atoms with van der Waals surface area (Å²) >= 11 is 0. The SMILES string of the molecule is NOC1=CC=Cc2ccccc2N1. The molecule has 0 saturated carbocycles. The van der Waals surface area contributed by atoms with Crippen LogP contribution in [0.15, 0.2) is 42.3 Å². The molecule has 0 unspecified atom stereocenters. The minimum Gasteiger partial charge on any atom is -0.393 e. The van der Waals surface area contributed by atoms with Gasteiger partial charge in [-0.1, -0.05) is 30.4 Å². The highest BCUT2D eigenvalue weighted by atomic mass is 16.6. The smallest absolute Gasteiger partial charge is 0.216 e. The number of benzene rings is 1. The Kier molecular flexibility index (Phi) is 2.02. The van der Waals surface area contributed by atoms with E-state index in [1.54, 1.807) is 6.08 Å². The zero-order chi connectivity index (χ0) is 9.10. The monoisotopic (exact) mass is 174 g/mol. The van der Waals surface area contributed by atoms with Crippen molar-refractivity contribution in [2.45, 2.75) is 0 Å². The van der Waals surface area contributed by atoms with Crippen molar-refractivity contribution in [2.75, 3.05) is 5.32 Å². The molecule has 1 aliphatic rings. The van der Waals surface area contributed by atoms with E-state index >= 15 is 0 Å². The Morgan fingerprint density at radius 3 is 2.92 bits per heavy atom. The fourth-order valence-corrected chi connectivity index (χ4v) is 1.24. The van der Waals surface area contributed by atoms with Crippen LogP contribution in [0, 0.1) is 0 Å². The van der Waals surface area contributed by atoms with E-state index in [0.717, 1.165) is 11.3 Å². The normalized spacial score (nSPS) is 13.8. The number of hydrogen-bond donors (Lipinski definition) is 2. The Hall–Kier alpha value is -1.74. The number of fused-ring (bicyclic) bond motifs is 1. The van der Waals surface area contributed by atoms with Crippen LogP contribution in [0.5, 0.6) is 0 Å². The molecule has 0 spiro atoms. The largest absolute Gasteiger partial charge is 0.393 e. The van der Waals surface area contributed by atoms with Crippen molar-refractivity contribution >= 4 is 11.8 Å². The molecule has 2 rings (SSSR count). The zero-order valence-electron chi connectivity index (χ0n) is 7.03. The summed E-state index contributed by atoms with van der Waals surface area (Å²) in [5.74, 6) is 5.61. The first kappa shape index (κ1) is 7.89. The van der Waals surface area contributed by atoms with Gasteiger partial charge in [0.2, 0.25) is 5.88 Å². The van der Waals surface area contributed by atoms with Crippen LogP contribution in [0.1, 0.15) is 5.56 Å². The molecule has 3 heteroatoms. The third kappa shape index (κ3) is 1.55. The van der Waals surface area contributed by atoms with Crippen LogP contribution in [-0.2, 0) is 4.84 Å². The van der Waals surface area contributed by atoms with E-state index in [2.05, 4.69) is 10.2 Å². The molecule has 0 aromatic heterocycles. The van der Waals surface area contributed by atoms with Gasteiger partial charge in [0, 0.05) is 11.8 Å². The lowest BCUT2D eigenvalue weighted by atomic mass is 10.2. The Bertz CT molecular complexity index is 369. The summed E-state index contributed by atoms with van der Waals surface area (Å²) in [6.07, 6.45) is 5.66. The predicted molar refractivity (Wildman–Crippen MR) is 52.5 cm³/mol.